The summed E-state index contributed by atoms with van der Waals surface area (Å²) >= 11 is 0. The first kappa shape index (κ1) is 21.7. The first-order valence-electron chi connectivity index (χ1n) is 10.4. The van der Waals surface area contributed by atoms with E-state index < -0.39 is 23.5 Å². The van der Waals surface area contributed by atoms with E-state index in [2.05, 4.69) is 30.2 Å². The molecule has 3 atom stereocenters. The van der Waals surface area contributed by atoms with Crippen LogP contribution in [0.15, 0.2) is 27.5 Å². The second kappa shape index (κ2) is 7.75. The van der Waals surface area contributed by atoms with Crippen molar-refractivity contribution in [3.8, 4) is 6.07 Å². The predicted molar refractivity (Wildman–Crippen MR) is 110 cm³/mol. The molecule has 10 nitrogen and oxygen atoms in total. The van der Waals surface area contributed by atoms with Crippen LogP contribution in [0.25, 0.3) is 11.0 Å². The lowest BCUT2D eigenvalue weighted by Crippen LogP contribution is -2.27. The molecule has 13 heteroatoms. The summed E-state index contributed by atoms with van der Waals surface area (Å²) in [5, 5.41) is 21.7. The summed E-state index contributed by atoms with van der Waals surface area (Å²) < 4.78 is 45.5. The molecule has 34 heavy (non-hydrogen) atoms. The number of fused-ring (bicyclic) bond motifs is 1. The van der Waals surface area contributed by atoms with Crippen molar-refractivity contribution in [1.82, 2.24) is 34.9 Å². The Bertz CT molecular complexity index is 1480. The number of aromatic amines is 1. The van der Waals surface area contributed by atoms with Crippen molar-refractivity contribution in [2.45, 2.75) is 50.7 Å². The topological polar surface area (TPSA) is 139 Å². The number of nitriles is 1. The van der Waals surface area contributed by atoms with Crippen LogP contribution in [0.4, 0.5) is 13.2 Å². The number of hydrogen-bond acceptors (Lipinski definition) is 8. The van der Waals surface area contributed by atoms with Crippen molar-refractivity contribution in [2.75, 3.05) is 0 Å². The molecule has 4 aromatic heterocycles. The third-order valence-corrected chi connectivity index (χ3v) is 6.10. The fraction of sp³-hybridized carbons (Fsp3) is 0.381. The fourth-order valence-electron chi connectivity index (χ4n) is 4.13. The minimum Gasteiger partial charge on any atom is -0.425 e. The van der Waals surface area contributed by atoms with E-state index >= 15 is 0 Å². The Balaban J connectivity index is 1.57. The second-order valence-corrected chi connectivity index (χ2v) is 8.15. The van der Waals surface area contributed by atoms with Crippen LogP contribution in [0.2, 0.25) is 0 Å². The third kappa shape index (κ3) is 3.51. The SMILES string of the molecule is Cc1nnc([C@H]2CC[C@@H]2c2nc3c(c(C#N)nn3[C@@H](C)c3ccc(C(F)(F)F)nc3)c(=O)[nH]2)o1. The van der Waals surface area contributed by atoms with Gasteiger partial charge in [-0.1, -0.05) is 6.07 Å². The lowest BCUT2D eigenvalue weighted by atomic mass is 9.73. The smallest absolute Gasteiger partial charge is 0.425 e. The maximum atomic E-state index is 12.9. The maximum Gasteiger partial charge on any atom is 0.433 e. The highest BCUT2D eigenvalue weighted by atomic mass is 19.4. The molecule has 1 aliphatic carbocycles. The highest BCUT2D eigenvalue weighted by molar-refractivity contribution is 5.80. The maximum absolute atomic E-state index is 12.9. The Labute approximate surface area is 189 Å². The molecule has 1 saturated carbocycles. The minimum absolute atomic E-state index is 0.0162. The van der Waals surface area contributed by atoms with Gasteiger partial charge in [-0.3, -0.25) is 9.78 Å². The Morgan fingerprint density at radius 1 is 1.26 bits per heavy atom. The summed E-state index contributed by atoms with van der Waals surface area (Å²) in [6.07, 6.45) is -1.95. The minimum atomic E-state index is -4.56. The number of rotatable bonds is 4. The molecule has 0 amide bonds. The van der Waals surface area contributed by atoms with Gasteiger partial charge in [-0.05, 0) is 31.4 Å². The van der Waals surface area contributed by atoms with Gasteiger partial charge in [0.15, 0.2) is 11.3 Å². The standard InChI is InChI=1S/C21H17F3N8O2/c1-9(11-3-6-15(26-8-11)21(22,23)24)32-18-16(14(7-25)31-32)19(33)28-17(27-18)12-4-5-13(12)20-30-29-10(2)34-20/h3,6,8-9,12-13H,4-5H2,1-2H3,(H,27,28,33)/t9-,12-,13-/m0/s1. The number of hydrogen-bond donors (Lipinski definition) is 1. The zero-order valence-electron chi connectivity index (χ0n) is 18.0. The molecule has 0 saturated heterocycles. The van der Waals surface area contributed by atoms with Crippen molar-refractivity contribution < 1.29 is 17.6 Å². The normalized spacial score (nSPS) is 19.1. The summed E-state index contributed by atoms with van der Waals surface area (Å²) in [6.45, 7) is 3.36. The van der Waals surface area contributed by atoms with Gasteiger partial charge < -0.3 is 9.40 Å². The molecule has 0 radical (unpaired) electrons. The van der Waals surface area contributed by atoms with E-state index in [1.807, 2.05) is 6.07 Å². The van der Waals surface area contributed by atoms with E-state index in [0.717, 1.165) is 25.1 Å². The average Bonchev–Trinajstić information content (AvgIpc) is 3.35. The number of aromatic nitrogens is 7. The quantitative estimate of drug-likeness (QED) is 0.479. The number of nitrogens with one attached hydrogen (secondary N) is 1. The first-order chi connectivity index (χ1) is 16.2. The highest BCUT2D eigenvalue weighted by Crippen LogP contribution is 2.47. The lowest BCUT2D eigenvalue weighted by Gasteiger charge is -2.32. The molecule has 4 aromatic rings. The zero-order valence-corrected chi connectivity index (χ0v) is 18.0. The molecule has 1 fully saturated rings. The van der Waals surface area contributed by atoms with Crippen LogP contribution < -0.4 is 5.56 Å². The molecule has 0 bridgehead atoms. The number of H-pyrrole nitrogens is 1. The van der Waals surface area contributed by atoms with E-state index in [9.17, 15) is 23.2 Å². The van der Waals surface area contributed by atoms with Gasteiger partial charge in [0.05, 0.1) is 6.04 Å². The fourth-order valence-corrected chi connectivity index (χ4v) is 4.13. The van der Waals surface area contributed by atoms with E-state index in [-0.39, 0.29) is 28.6 Å². The van der Waals surface area contributed by atoms with Crippen molar-refractivity contribution in [2.24, 2.45) is 0 Å². The Hall–Kier alpha value is -4.08. The van der Waals surface area contributed by atoms with Crippen molar-refractivity contribution in [3.05, 3.63) is 63.2 Å². The number of nitrogens with zero attached hydrogens (tertiary/aromatic N) is 7. The van der Waals surface area contributed by atoms with Crippen LogP contribution in [0.3, 0.4) is 0 Å². The van der Waals surface area contributed by atoms with Gasteiger partial charge in [0.25, 0.3) is 5.56 Å². The van der Waals surface area contributed by atoms with Gasteiger partial charge in [-0.25, -0.2) is 9.67 Å². The van der Waals surface area contributed by atoms with Crippen LogP contribution in [-0.4, -0.2) is 34.9 Å². The average molecular weight is 470 g/mol. The van der Waals surface area contributed by atoms with Crippen molar-refractivity contribution in [3.63, 3.8) is 0 Å². The molecular formula is C21H17F3N8O2. The molecule has 174 valence electrons. The Morgan fingerprint density at radius 3 is 2.59 bits per heavy atom. The van der Waals surface area contributed by atoms with Gasteiger partial charge in [-0.15, -0.1) is 10.2 Å². The van der Waals surface area contributed by atoms with Crippen LogP contribution in [0.5, 0.6) is 0 Å². The predicted octanol–water partition coefficient (Wildman–Crippen LogP) is 3.37. The first-order valence-corrected chi connectivity index (χ1v) is 10.4. The van der Waals surface area contributed by atoms with Gasteiger partial charge in [-0.2, -0.15) is 23.5 Å². The van der Waals surface area contributed by atoms with Gasteiger partial charge in [0.1, 0.15) is 23.0 Å². The second-order valence-electron chi connectivity index (χ2n) is 8.15. The van der Waals surface area contributed by atoms with E-state index in [1.165, 1.54) is 10.7 Å². The van der Waals surface area contributed by atoms with Crippen LogP contribution in [0, 0.1) is 18.3 Å². The van der Waals surface area contributed by atoms with E-state index in [4.69, 9.17) is 4.42 Å². The number of aryl methyl sites for hydroxylation is 1. The van der Waals surface area contributed by atoms with Crippen LogP contribution in [-0.2, 0) is 6.18 Å². The van der Waals surface area contributed by atoms with Gasteiger partial charge in [0.2, 0.25) is 11.8 Å². The summed E-state index contributed by atoms with van der Waals surface area (Å²) in [4.78, 5) is 23.8. The van der Waals surface area contributed by atoms with Gasteiger partial charge in [0, 0.05) is 25.0 Å². The monoisotopic (exact) mass is 470 g/mol. The molecule has 0 aliphatic heterocycles. The molecule has 1 aliphatic rings. The zero-order chi connectivity index (χ0) is 24.2. The number of pyridine rings is 1. The molecule has 4 heterocycles. The summed E-state index contributed by atoms with van der Waals surface area (Å²) in [7, 11) is 0. The molecule has 0 aromatic carbocycles. The van der Waals surface area contributed by atoms with Crippen molar-refractivity contribution in [1.29, 1.82) is 5.26 Å². The largest absolute Gasteiger partial charge is 0.433 e. The molecule has 0 spiro atoms. The summed E-state index contributed by atoms with van der Waals surface area (Å²) in [6, 6.07) is 3.41. The van der Waals surface area contributed by atoms with Gasteiger partial charge >= 0.3 is 6.18 Å². The van der Waals surface area contributed by atoms with E-state index in [1.54, 1.807) is 13.8 Å². The van der Waals surface area contributed by atoms with Crippen molar-refractivity contribution >= 4 is 11.0 Å². The Morgan fingerprint density at radius 2 is 2.03 bits per heavy atom. The summed E-state index contributed by atoms with van der Waals surface area (Å²) in [5.74, 6) is 1.02. The van der Waals surface area contributed by atoms with Crippen LogP contribution in [0.1, 0.15) is 72.2 Å². The number of halogens is 3. The molecular weight excluding hydrogens is 453 g/mol. The molecule has 1 N–H and O–H groups in total. The lowest BCUT2D eigenvalue weighted by molar-refractivity contribution is -0.141. The molecule has 0 unspecified atom stereocenters. The highest BCUT2D eigenvalue weighted by Gasteiger charge is 2.39. The summed E-state index contributed by atoms with van der Waals surface area (Å²) in [5.41, 5.74) is -1.09. The van der Waals surface area contributed by atoms with E-state index in [0.29, 0.717) is 23.2 Å². The third-order valence-electron chi connectivity index (χ3n) is 6.10. The van der Waals surface area contributed by atoms with Crippen LogP contribution >= 0.6 is 0 Å². The molecule has 5 rings (SSSR count). The number of alkyl halides is 3. The Kier molecular flexibility index (Phi) is 4.96.